The summed E-state index contributed by atoms with van der Waals surface area (Å²) in [4.78, 5) is 13.6. The fraction of sp³-hybridized carbons (Fsp3) is 0.462. The highest BCUT2D eigenvalue weighted by Crippen LogP contribution is 2.23. The second-order valence-electron chi connectivity index (χ2n) is 4.76. The van der Waals surface area contributed by atoms with E-state index in [4.69, 9.17) is 5.73 Å². The number of nitrogens with zero attached hydrogens (tertiary/aromatic N) is 1. The number of hydrogen-bond donors (Lipinski definition) is 2. The molecule has 2 rings (SSSR count). The van der Waals surface area contributed by atoms with Crippen LogP contribution >= 0.6 is 0 Å². The van der Waals surface area contributed by atoms with E-state index in [1.54, 1.807) is 0 Å². The molecular formula is C13H19N3O. The summed E-state index contributed by atoms with van der Waals surface area (Å²) in [6.07, 6.45) is 2.23. The number of amides is 1. The van der Waals surface area contributed by atoms with Gasteiger partial charge in [-0.25, -0.2) is 0 Å². The van der Waals surface area contributed by atoms with E-state index in [9.17, 15) is 4.79 Å². The van der Waals surface area contributed by atoms with Crippen LogP contribution in [0.1, 0.15) is 18.4 Å². The van der Waals surface area contributed by atoms with E-state index in [2.05, 4.69) is 5.32 Å². The molecule has 0 radical (unpaired) electrons. The highest BCUT2D eigenvalue weighted by Gasteiger charge is 2.23. The lowest BCUT2D eigenvalue weighted by molar-refractivity contribution is -0.119. The number of nitrogens with two attached hydrogens (primary N) is 1. The smallest absolute Gasteiger partial charge is 0.239 e. The molecule has 1 saturated carbocycles. The first-order valence-electron chi connectivity index (χ1n) is 5.93. The number of nitrogen functional groups attached to an aromatic ring is 1. The average Bonchev–Trinajstić information content (AvgIpc) is 3.05. The van der Waals surface area contributed by atoms with Crippen LogP contribution in [-0.4, -0.2) is 25.5 Å². The van der Waals surface area contributed by atoms with E-state index in [0.29, 0.717) is 18.3 Å². The van der Waals surface area contributed by atoms with Crippen molar-refractivity contribution in [3.8, 4) is 0 Å². The molecule has 1 aromatic rings. The maximum Gasteiger partial charge on any atom is 0.239 e. The average molecular weight is 233 g/mol. The molecule has 3 N–H and O–H groups in total. The van der Waals surface area contributed by atoms with Crippen molar-refractivity contribution < 1.29 is 4.79 Å². The predicted molar refractivity (Wildman–Crippen MR) is 70.0 cm³/mol. The minimum absolute atomic E-state index is 0.0657. The number of nitrogens with one attached hydrogen (secondary N) is 1. The molecule has 0 aromatic heterocycles. The molecule has 17 heavy (non-hydrogen) atoms. The van der Waals surface area contributed by atoms with Crippen LogP contribution in [-0.2, 0) is 4.79 Å². The third-order valence-corrected chi connectivity index (χ3v) is 2.92. The molecule has 0 saturated heterocycles. The molecule has 1 amide bonds. The van der Waals surface area contributed by atoms with Crippen LogP contribution in [0.15, 0.2) is 18.2 Å². The summed E-state index contributed by atoms with van der Waals surface area (Å²) < 4.78 is 0. The van der Waals surface area contributed by atoms with Crippen LogP contribution in [0.2, 0.25) is 0 Å². The van der Waals surface area contributed by atoms with E-state index < -0.39 is 0 Å². The van der Waals surface area contributed by atoms with Gasteiger partial charge in [0, 0.05) is 13.1 Å². The number of likely N-dealkylation sites (N-methyl/N-ethyl adjacent to an activating group) is 1. The number of hydrogen-bond acceptors (Lipinski definition) is 3. The van der Waals surface area contributed by atoms with E-state index in [-0.39, 0.29) is 5.91 Å². The van der Waals surface area contributed by atoms with Crippen LogP contribution in [0.25, 0.3) is 0 Å². The molecule has 4 heteroatoms. The van der Waals surface area contributed by atoms with Crippen molar-refractivity contribution in [1.29, 1.82) is 0 Å². The Morgan fingerprint density at radius 2 is 2.24 bits per heavy atom. The zero-order valence-corrected chi connectivity index (χ0v) is 10.4. The van der Waals surface area contributed by atoms with E-state index in [1.165, 1.54) is 0 Å². The first-order chi connectivity index (χ1) is 8.06. The Morgan fingerprint density at radius 3 is 2.88 bits per heavy atom. The van der Waals surface area contributed by atoms with Crippen LogP contribution in [0.5, 0.6) is 0 Å². The highest BCUT2D eigenvalue weighted by atomic mass is 16.2. The van der Waals surface area contributed by atoms with Gasteiger partial charge in [0.25, 0.3) is 0 Å². The van der Waals surface area contributed by atoms with Gasteiger partial charge in [-0.2, -0.15) is 0 Å². The monoisotopic (exact) mass is 233 g/mol. The van der Waals surface area contributed by atoms with Gasteiger partial charge in [-0.05, 0) is 37.5 Å². The fourth-order valence-corrected chi connectivity index (χ4v) is 1.79. The largest absolute Gasteiger partial charge is 0.397 e. The molecule has 0 heterocycles. The second-order valence-corrected chi connectivity index (χ2v) is 4.76. The Hall–Kier alpha value is -1.71. The molecule has 0 bridgehead atoms. The van der Waals surface area contributed by atoms with Gasteiger partial charge in [-0.1, -0.05) is 6.07 Å². The van der Waals surface area contributed by atoms with Crippen molar-refractivity contribution in [2.24, 2.45) is 0 Å². The molecule has 0 atom stereocenters. The Labute approximate surface area is 102 Å². The summed E-state index contributed by atoms with van der Waals surface area (Å²) in [6.45, 7) is 2.37. The van der Waals surface area contributed by atoms with Crippen molar-refractivity contribution in [2.45, 2.75) is 25.8 Å². The van der Waals surface area contributed by atoms with E-state index >= 15 is 0 Å². The van der Waals surface area contributed by atoms with Crippen LogP contribution in [0.4, 0.5) is 11.4 Å². The molecule has 1 aliphatic rings. The lowest BCUT2D eigenvalue weighted by atomic mass is 10.2. The van der Waals surface area contributed by atoms with Gasteiger partial charge in [0.1, 0.15) is 0 Å². The lowest BCUT2D eigenvalue weighted by Crippen LogP contribution is -2.36. The lowest BCUT2D eigenvalue weighted by Gasteiger charge is -2.21. The second kappa shape index (κ2) is 4.65. The summed E-state index contributed by atoms with van der Waals surface area (Å²) in [5, 5.41) is 2.97. The minimum atomic E-state index is 0.0657. The summed E-state index contributed by atoms with van der Waals surface area (Å²) in [6, 6.07) is 6.25. The number of anilines is 2. The number of carbonyl (C=O) groups excluding carboxylic acids is 1. The van der Waals surface area contributed by atoms with Gasteiger partial charge in [-0.3, -0.25) is 4.79 Å². The molecular weight excluding hydrogens is 214 g/mol. The topological polar surface area (TPSA) is 58.4 Å². The molecule has 1 aromatic carbocycles. The molecule has 1 fully saturated rings. The summed E-state index contributed by atoms with van der Waals surface area (Å²) in [5.41, 5.74) is 8.67. The summed E-state index contributed by atoms with van der Waals surface area (Å²) in [7, 11) is 1.89. The Bertz CT molecular complexity index is 427. The number of rotatable bonds is 4. The predicted octanol–water partition coefficient (Wildman–Crippen LogP) is 1.29. The van der Waals surface area contributed by atoms with E-state index in [0.717, 1.165) is 24.1 Å². The first kappa shape index (κ1) is 11.8. The Balaban J connectivity index is 1.99. The summed E-state index contributed by atoms with van der Waals surface area (Å²) in [5.74, 6) is 0.0657. The summed E-state index contributed by atoms with van der Waals surface area (Å²) >= 11 is 0. The molecule has 92 valence electrons. The number of carbonyl (C=O) groups is 1. The maximum absolute atomic E-state index is 11.7. The van der Waals surface area contributed by atoms with Crippen molar-refractivity contribution in [2.75, 3.05) is 24.2 Å². The normalized spacial score (nSPS) is 14.5. The maximum atomic E-state index is 11.7. The molecule has 0 unspecified atom stereocenters. The van der Waals surface area contributed by atoms with E-state index in [1.807, 2.05) is 37.1 Å². The Kier molecular flexibility index (Phi) is 3.22. The molecule has 0 spiro atoms. The van der Waals surface area contributed by atoms with Crippen LogP contribution in [0.3, 0.4) is 0 Å². The number of aryl methyl sites for hydroxylation is 1. The standard InChI is InChI=1S/C13H19N3O/c1-9-3-6-11(14)12(7-9)16(2)8-13(17)15-10-4-5-10/h3,6-7,10H,4-5,8,14H2,1-2H3,(H,15,17). The van der Waals surface area contributed by atoms with Gasteiger partial charge in [0.2, 0.25) is 5.91 Å². The Morgan fingerprint density at radius 1 is 1.53 bits per heavy atom. The van der Waals surface area contributed by atoms with Gasteiger partial charge in [-0.15, -0.1) is 0 Å². The highest BCUT2D eigenvalue weighted by molar-refractivity contribution is 5.83. The zero-order valence-electron chi connectivity index (χ0n) is 10.4. The van der Waals surface area contributed by atoms with Crippen molar-refractivity contribution >= 4 is 17.3 Å². The first-order valence-corrected chi connectivity index (χ1v) is 5.93. The SMILES string of the molecule is Cc1ccc(N)c(N(C)CC(=O)NC2CC2)c1. The van der Waals surface area contributed by atoms with Gasteiger partial charge < -0.3 is 16.0 Å². The third kappa shape index (κ3) is 3.12. The van der Waals surface area contributed by atoms with Crippen LogP contribution in [0, 0.1) is 6.92 Å². The van der Waals surface area contributed by atoms with Gasteiger partial charge in [0.05, 0.1) is 17.9 Å². The minimum Gasteiger partial charge on any atom is -0.397 e. The molecule has 1 aliphatic carbocycles. The molecule has 4 nitrogen and oxygen atoms in total. The fourth-order valence-electron chi connectivity index (χ4n) is 1.79. The molecule has 0 aliphatic heterocycles. The van der Waals surface area contributed by atoms with Crippen LogP contribution < -0.4 is 16.0 Å². The van der Waals surface area contributed by atoms with Crippen molar-refractivity contribution in [1.82, 2.24) is 5.32 Å². The quantitative estimate of drug-likeness (QED) is 0.770. The van der Waals surface area contributed by atoms with Crippen molar-refractivity contribution in [3.63, 3.8) is 0 Å². The van der Waals surface area contributed by atoms with Gasteiger partial charge >= 0.3 is 0 Å². The third-order valence-electron chi connectivity index (χ3n) is 2.92. The number of benzene rings is 1. The van der Waals surface area contributed by atoms with Crippen molar-refractivity contribution in [3.05, 3.63) is 23.8 Å². The zero-order chi connectivity index (χ0) is 12.4. The van der Waals surface area contributed by atoms with Gasteiger partial charge in [0.15, 0.2) is 0 Å².